The lowest BCUT2D eigenvalue weighted by Gasteiger charge is -2.23. The minimum absolute atomic E-state index is 0.00227. The maximum absolute atomic E-state index is 5.65. The summed E-state index contributed by atoms with van der Waals surface area (Å²) >= 11 is 0. The van der Waals surface area contributed by atoms with Crippen molar-refractivity contribution in [1.82, 2.24) is 28.2 Å². The van der Waals surface area contributed by atoms with Gasteiger partial charge in [0.25, 0.3) is 0 Å². The highest BCUT2D eigenvalue weighted by molar-refractivity contribution is 6.16. The molecule has 1 aliphatic rings. The summed E-state index contributed by atoms with van der Waals surface area (Å²) in [6.07, 6.45) is 0. The van der Waals surface area contributed by atoms with Crippen LogP contribution in [-0.4, -0.2) is 28.2 Å². The Labute approximate surface area is 582 Å². The average Bonchev–Trinajstić information content (AvgIpc) is 1.60. The van der Waals surface area contributed by atoms with Crippen molar-refractivity contribution in [2.45, 2.75) is 5.92 Å². The van der Waals surface area contributed by atoms with Gasteiger partial charge >= 0.3 is 0 Å². The van der Waals surface area contributed by atoms with Gasteiger partial charge in [0.2, 0.25) is 0 Å². The molecule has 0 atom stereocenters. The first kappa shape index (κ1) is 56.7. The number of hydrogen-bond acceptors (Lipinski definition) is 2. The third kappa shape index (κ3) is 8.85. The Balaban J connectivity index is 0.907. The van der Waals surface area contributed by atoms with Crippen molar-refractivity contribution < 1.29 is 0 Å². The van der Waals surface area contributed by atoms with Gasteiger partial charge < -0.3 is 18.3 Å². The largest absolute Gasteiger partial charge is 0.309 e. The highest BCUT2D eigenvalue weighted by Crippen LogP contribution is 2.51. The number of rotatable bonds is 10. The number of para-hydroxylation sites is 6. The van der Waals surface area contributed by atoms with Gasteiger partial charge in [0.05, 0.1) is 61.2 Å². The lowest BCUT2D eigenvalue weighted by Crippen LogP contribution is -2.05. The van der Waals surface area contributed by atoms with Gasteiger partial charge in [-0.3, -0.25) is 0 Å². The Morgan fingerprint density at radius 2 is 0.554 bits per heavy atom. The van der Waals surface area contributed by atoms with Crippen LogP contribution in [0, 0.1) is 0 Å². The number of hydrogen-bond donors (Lipinski definition) is 0. The normalized spacial score (nSPS) is 12.3. The van der Waals surface area contributed by atoms with Gasteiger partial charge in [-0.2, -0.15) is 0 Å². The lowest BCUT2D eigenvalue weighted by atomic mass is 9.86. The molecule has 6 heteroatoms. The first-order valence-corrected chi connectivity index (χ1v) is 34.7. The molecule has 6 nitrogen and oxygen atoms in total. The second-order valence-corrected chi connectivity index (χ2v) is 26.7. The number of nitrogens with zero attached hydrogens (tertiary/aromatic N) is 6. The lowest BCUT2D eigenvalue weighted by molar-refractivity contribution is 1.02. The smallest absolute Gasteiger partial charge is 0.160 e. The minimum atomic E-state index is 0.00227. The molecule has 0 amide bonds. The van der Waals surface area contributed by atoms with Gasteiger partial charge in [-0.05, 0) is 142 Å². The van der Waals surface area contributed by atoms with E-state index in [2.05, 4.69) is 376 Å². The van der Waals surface area contributed by atoms with Crippen molar-refractivity contribution in [2.24, 2.45) is 0 Å². The molecule has 0 aliphatic heterocycles. The predicted molar refractivity (Wildman–Crippen MR) is 419 cm³/mol. The summed E-state index contributed by atoms with van der Waals surface area (Å²) in [5.41, 5.74) is 28.5. The van der Waals surface area contributed by atoms with Crippen LogP contribution >= 0.6 is 0 Å². The predicted octanol–water partition coefficient (Wildman–Crippen LogP) is 24.4. The highest BCUT2D eigenvalue weighted by Gasteiger charge is 2.31. The van der Waals surface area contributed by atoms with Crippen molar-refractivity contribution in [2.75, 3.05) is 0 Å². The summed E-state index contributed by atoms with van der Waals surface area (Å²) in [5, 5.41) is 9.55. The summed E-state index contributed by atoms with van der Waals surface area (Å²) in [5.74, 6) is 0.629. The van der Waals surface area contributed by atoms with Crippen molar-refractivity contribution in [3.8, 4) is 90.0 Å². The molecule has 15 aromatic carbocycles. The molecule has 0 radical (unpaired) electrons. The Morgan fingerprint density at radius 1 is 0.208 bits per heavy atom. The zero-order valence-corrected chi connectivity index (χ0v) is 54.8. The first-order chi connectivity index (χ1) is 50.1. The monoisotopic (exact) mass is 1280 g/mol. The number of fused-ring (bicyclic) bond motifs is 15. The summed E-state index contributed by atoms with van der Waals surface area (Å²) in [4.78, 5) is 11.3. The number of aromatic nitrogens is 6. The fourth-order valence-electron chi connectivity index (χ4n) is 16.9. The molecular formula is C95H60N6. The number of benzene rings is 15. The summed E-state index contributed by atoms with van der Waals surface area (Å²) in [6, 6.07) is 132. The van der Waals surface area contributed by atoms with Gasteiger partial charge in [0.1, 0.15) is 0 Å². The van der Waals surface area contributed by atoms with Crippen LogP contribution in [-0.2, 0) is 0 Å². The van der Waals surface area contributed by atoms with E-state index in [1.54, 1.807) is 0 Å². The second-order valence-electron chi connectivity index (χ2n) is 26.7. The summed E-state index contributed by atoms with van der Waals surface area (Å²) in [6.45, 7) is 0. The van der Waals surface area contributed by atoms with Gasteiger partial charge in [-0.1, -0.05) is 255 Å². The first-order valence-electron chi connectivity index (χ1n) is 34.7. The molecule has 0 spiro atoms. The highest BCUT2D eigenvalue weighted by atomic mass is 15.0. The second kappa shape index (κ2) is 22.6. The van der Waals surface area contributed by atoms with Crippen molar-refractivity contribution in [3.05, 3.63) is 375 Å². The van der Waals surface area contributed by atoms with Gasteiger partial charge in [0, 0.05) is 93.9 Å². The molecule has 0 saturated heterocycles. The zero-order valence-electron chi connectivity index (χ0n) is 54.8. The van der Waals surface area contributed by atoms with Crippen LogP contribution in [0.5, 0.6) is 0 Å². The van der Waals surface area contributed by atoms with E-state index in [0.29, 0.717) is 5.82 Å². The third-order valence-electron chi connectivity index (χ3n) is 21.2. The molecule has 0 unspecified atom stereocenters. The molecule has 21 rings (SSSR count). The van der Waals surface area contributed by atoms with Crippen molar-refractivity contribution >= 4 is 87.2 Å². The molecule has 0 fully saturated rings. The molecule has 5 heterocycles. The molecule has 0 N–H and O–H groups in total. The van der Waals surface area contributed by atoms with Gasteiger partial charge in [0.15, 0.2) is 5.82 Å². The Bertz CT molecular complexity index is 6350. The standard InChI is InChI=1S/C95H60N6/c1-3-25-60(26-4-1)83-59-84(61-27-5-2-6-28-61)97-95(96-83)65-55-79(62-29-23-31-64(53-62)93-77-41-9-7-33-69(77)70-34-8-10-42-78(70)93)94(80(56-65)63-30-24-32-66(54-63)98-85-43-17-11-35-71(85)72-36-12-18-44-86(72)98)101-91-51-49-67(99-87-45-19-13-37-73(87)74-38-14-20-46-88(74)99)57-81(91)82-58-68(50-52-92(82)101)100-89-47-21-15-39-75(89)76-40-16-22-48-90(76)100/h1-59,93H. The van der Waals surface area contributed by atoms with E-state index in [1.807, 2.05) is 0 Å². The maximum atomic E-state index is 5.65. The zero-order chi connectivity index (χ0) is 66.2. The average molecular weight is 1290 g/mol. The maximum Gasteiger partial charge on any atom is 0.160 e. The van der Waals surface area contributed by atoms with E-state index < -0.39 is 0 Å². The fourth-order valence-corrected chi connectivity index (χ4v) is 16.9. The van der Waals surface area contributed by atoms with E-state index in [-0.39, 0.29) is 5.92 Å². The molecule has 5 aromatic heterocycles. The van der Waals surface area contributed by atoms with Crippen LogP contribution in [0.3, 0.4) is 0 Å². The fraction of sp³-hybridized carbons (Fsp3) is 0.0105. The SMILES string of the molecule is c1ccc(-c2cc(-c3ccccc3)nc(-c3cc(-c4cccc(C5c6ccccc6-c6ccccc65)c4)c(-n4c5ccc(-n6c7ccccc7c7ccccc76)cc5c5cc(-n6c7ccccc7c7ccccc76)ccc54)c(-c4cccc(-n5c6ccccc6c6ccccc65)c4)c3)n2)cc1. The van der Waals surface area contributed by atoms with Crippen molar-refractivity contribution in [1.29, 1.82) is 0 Å². The minimum Gasteiger partial charge on any atom is -0.309 e. The summed E-state index contributed by atoms with van der Waals surface area (Å²) < 4.78 is 9.92. The van der Waals surface area contributed by atoms with Crippen LogP contribution < -0.4 is 0 Å². The Kier molecular flexibility index (Phi) is 12.7. The topological polar surface area (TPSA) is 45.5 Å². The van der Waals surface area contributed by atoms with Gasteiger partial charge in [-0.25, -0.2) is 9.97 Å². The Morgan fingerprint density at radius 3 is 0.990 bits per heavy atom. The van der Waals surface area contributed by atoms with Gasteiger partial charge in [-0.15, -0.1) is 0 Å². The van der Waals surface area contributed by atoms with Crippen LogP contribution in [0.1, 0.15) is 22.6 Å². The molecule has 0 bridgehead atoms. The van der Waals surface area contributed by atoms with Crippen LogP contribution in [0.4, 0.5) is 0 Å². The Hall–Kier alpha value is -13.4. The summed E-state index contributed by atoms with van der Waals surface area (Å²) in [7, 11) is 0. The quantitative estimate of drug-likeness (QED) is 0.137. The van der Waals surface area contributed by atoms with Crippen LogP contribution in [0.15, 0.2) is 358 Å². The molecule has 0 saturated carbocycles. The molecular weight excluding hydrogens is 1230 g/mol. The molecule has 1 aliphatic carbocycles. The van der Waals surface area contributed by atoms with E-state index in [9.17, 15) is 0 Å². The molecule has 20 aromatic rings. The van der Waals surface area contributed by atoms with E-state index >= 15 is 0 Å². The van der Waals surface area contributed by atoms with Crippen molar-refractivity contribution in [3.63, 3.8) is 0 Å². The third-order valence-corrected chi connectivity index (χ3v) is 21.2. The molecule has 470 valence electrons. The molecule has 101 heavy (non-hydrogen) atoms. The van der Waals surface area contributed by atoms with Crippen LogP contribution in [0.25, 0.3) is 177 Å². The van der Waals surface area contributed by atoms with E-state index in [0.717, 1.165) is 128 Å². The van der Waals surface area contributed by atoms with E-state index in [4.69, 9.17) is 9.97 Å². The van der Waals surface area contributed by atoms with Crippen LogP contribution in [0.2, 0.25) is 0 Å². The van der Waals surface area contributed by atoms with E-state index in [1.165, 1.54) is 60.1 Å².